The molecule has 9 nitrogen and oxygen atoms in total. The number of hydrogen-bond acceptors (Lipinski definition) is 7. The van der Waals surface area contributed by atoms with Gasteiger partial charge in [0.1, 0.15) is 17.1 Å². The summed E-state index contributed by atoms with van der Waals surface area (Å²) in [7, 11) is 0. The lowest BCUT2D eigenvalue weighted by Crippen LogP contribution is -2.61. The molecule has 2 aliphatic rings. The number of halogens is 4. The fourth-order valence-electron chi connectivity index (χ4n) is 6.50. The summed E-state index contributed by atoms with van der Waals surface area (Å²) in [5.74, 6) is -5.09. The molecule has 1 saturated heterocycles. The van der Waals surface area contributed by atoms with Crippen molar-refractivity contribution in [3.63, 3.8) is 0 Å². The summed E-state index contributed by atoms with van der Waals surface area (Å²) in [5.41, 5.74) is -1.09. The monoisotopic (exact) mass is 638 g/mol. The van der Waals surface area contributed by atoms with Crippen molar-refractivity contribution in [1.82, 2.24) is 19.4 Å². The van der Waals surface area contributed by atoms with Crippen LogP contribution in [0.1, 0.15) is 37.9 Å². The molecule has 1 fully saturated rings. The average Bonchev–Trinajstić information content (AvgIpc) is 3.16. The maximum atomic E-state index is 17.3. The number of aromatic hydroxyl groups is 1. The first kappa shape index (κ1) is 30.4. The average molecular weight is 639 g/mol. The molecule has 1 amide bonds. The lowest BCUT2D eigenvalue weighted by atomic mass is 9.98. The Morgan fingerprint density at radius 3 is 2.60 bits per heavy atom. The van der Waals surface area contributed by atoms with Crippen molar-refractivity contribution >= 4 is 39.9 Å². The number of rotatable bonds is 4. The SMILES string of the molecule is C=CC(=O)N1CC(C)N2c3nc(=O)n(-c4c(C)ccnc4C(C)C)c4c(F)c(-c5c(O)ccc(F)c5F)c(Cl)c(c34)NCC2C1. The minimum Gasteiger partial charge on any atom is -0.507 e. The number of aromatic nitrogens is 3. The highest BCUT2D eigenvalue weighted by molar-refractivity contribution is 6.38. The molecule has 2 aliphatic heterocycles. The third-order valence-electron chi connectivity index (χ3n) is 8.47. The molecule has 0 spiro atoms. The number of benzene rings is 2. The lowest BCUT2D eigenvalue weighted by Gasteiger charge is -2.45. The molecular weight excluding hydrogens is 609 g/mol. The number of phenolic OH excluding ortho intramolecular Hbond substituents is 1. The normalized spacial score (nSPS) is 17.7. The van der Waals surface area contributed by atoms with Gasteiger partial charge in [0.05, 0.1) is 39.1 Å². The second-order valence-corrected chi connectivity index (χ2v) is 12.0. The maximum absolute atomic E-state index is 17.3. The minimum absolute atomic E-state index is 0.109. The van der Waals surface area contributed by atoms with Crippen LogP contribution in [0.25, 0.3) is 27.7 Å². The Kier molecular flexibility index (Phi) is 7.51. The Morgan fingerprint density at radius 2 is 1.91 bits per heavy atom. The third kappa shape index (κ3) is 4.61. The summed E-state index contributed by atoms with van der Waals surface area (Å²) in [6.45, 7) is 11.6. The smallest absolute Gasteiger partial charge is 0.354 e. The molecule has 6 rings (SSSR count). The second kappa shape index (κ2) is 11.1. The van der Waals surface area contributed by atoms with Crippen LogP contribution in [0.2, 0.25) is 5.02 Å². The summed E-state index contributed by atoms with van der Waals surface area (Å²) in [6, 6.07) is 2.48. The molecule has 2 aromatic heterocycles. The highest BCUT2D eigenvalue weighted by Crippen LogP contribution is 2.49. The van der Waals surface area contributed by atoms with Crippen molar-refractivity contribution in [2.45, 2.75) is 45.7 Å². The molecule has 0 saturated carbocycles. The van der Waals surface area contributed by atoms with Crippen LogP contribution in [0, 0.1) is 24.4 Å². The van der Waals surface area contributed by atoms with Crippen LogP contribution in [0.3, 0.4) is 0 Å². The van der Waals surface area contributed by atoms with Crippen molar-refractivity contribution in [3.05, 3.63) is 81.3 Å². The molecule has 0 radical (unpaired) electrons. The van der Waals surface area contributed by atoms with Gasteiger partial charge in [0.2, 0.25) is 5.91 Å². The van der Waals surface area contributed by atoms with E-state index in [1.54, 1.807) is 24.1 Å². The zero-order valence-electron chi connectivity index (χ0n) is 25.0. The topological polar surface area (TPSA) is 104 Å². The van der Waals surface area contributed by atoms with Gasteiger partial charge in [-0.25, -0.2) is 18.0 Å². The molecule has 2 atom stereocenters. The summed E-state index contributed by atoms with van der Waals surface area (Å²) >= 11 is 6.86. The molecule has 4 heterocycles. The number of carbonyl (C=O) groups is 1. The second-order valence-electron chi connectivity index (χ2n) is 11.7. The van der Waals surface area contributed by atoms with Gasteiger partial charge in [0.25, 0.3) is 0 Å². The highest BCUT2D eigenvalue weighted by atomic mass is 35.5. The van der Waals surface area contributed by atoms with Crippen molar-refractivity contribution in [2.75, 3.05) is 29.9 Å². The number of fused-ring (bicyclic) bond motifs is 2. The molecule has 234 valence electrons. The Bertz CT molecular complexity index is 1980. The molecule has 2 unspecified atom stereocenters. The molecule has 2 N–H and O–H groups in total. The van der Waals surface area contributed by atoms with Gasteiger partial charge >= 0.3 is 5.69 Å². The lowest BCUT2D eigenvalue weighted by molar-refractivity contribution is -0.127. The number of phenols is 1. The van der Waals surface area contributed by atoms with E-state index in [1.165, 1.54) is 6.08 Å². The van der Waals surface area contributed by atoms with E-state index >= 15 is 8.78 Å². The van der Waals surface area contributed by atoms with E-state index in [9.17, 15) is 19.1 Å². The predicted molar refractivity (Wildman–Crippen MR) is 167 cm³/mol. The third-order valence-corrected chi connectivity index (χ3v) is 8.85. The fourth-order valence-corrected chi connectivity index (χ4v) is 6.84. The van der Waals surface area contributed by atoms with Gasteiger partial charge in [-0.3, -0.25) is 14.3 Å². The standard InChI is InChI=1S/C32H30ClF3N6O3/c1-6-20(44)40-12-16(5)41-17(13-40)11-38-28-23-30(26(36)22(24(28)33)21-19(43)8-7-18(34)25(21)35)42(32(45)39-31(23)41)29-15(4)9-10-37-27(29)14(2)3/h6-10,14,16-17,38,43H,1,11-13H2,2-5H3. The van der Waals surface area contributed by atoms with Gasteiger partial charge in [-0.1, -0.05) is 32.0 Å². The van der Waals surface area contributed by atoms with E-state index in [4.69, 9.17) is 11.6 Å². The molecular formula is C32H30ClF3N6O3. The number of carbonyl (C=O) groups excluding carboxylic acids is 1. The van der Waals surface area contributed by atoms with Gasteiger partial charge in [0, 0.05) is 37.4 Å². The van der Waals surface area contributed by atoms with Crippen LogP contribution in [-0.4, -0.2) is 62.2 Å². The van der Waals surface area contributed by atoms with Gasteiger partial charge in [0.15, 0.2) is 17.5 Å². The van der Waals surface area contributed by atoms with E-state index in [0.29, 0.717) is 11.3 Å². The molecule has 2 aromatic carbocycles. The highest BCUT2D eigenvalue weighted by Gasteiger charge is 2.40. The van der Waals surface area contributed by atoms with Crippen LogP contribution in [0.5, 0.6) is 5.75 Å². The van der Waals surface area contributed by atoms with E-state index < -0.39 is 46.1 Å². The van der Waals surface area contributed by atoms with Crippen LogP contribution in [-0.2, 0) is 4.79 Å². The number of piperazine rings is 1. The predicted octanol–water partition coefficient (Wildman–Crippen LogP) is 5.67. The number of amides is 1. The number of nitrogens with one attached hydrogen (secondary N) is 1. The first-order valence-electron chi connectivity index (χ1n) is 14.4. The number of hydrogen-bond donors (Lipinski definition) is 2. The van der Waals surface area contributed by atoms with E-state index in [1.807, 2.05) is 25.7 Å². The largest absolute Gasteiger partial charge is 0.507 e. The maximum Gasteiger partial charge on any atom is 0.354 e. The van der Waals surface area contributed by atoms with Crippen LogP contribution < -0.4 is 15.9 Å². The molecule has 13 heteroatoms. The van der Waals surface area contributed by atoms with Gasteiger partial charge in [-0.15, -0.1) is 0 Å². The van der Waals surface area contributed by atoms with Crippen molar-refractivity contribution in [1.29, 1.82) is 0 Å². The Morgan fingerprint density at radius 1 is 1.18 bits per heavy atom. The van der Waals surface area contributed by atoms with Crippen LogP contribution in [0.15, 0.2) is 41.8 Å². The zero-order valence-corrected chi connectivity index (χ0v) is 25.7. The Hall–Kier alpha value is -4.58. The first-order chi connectivity index (χ1) is 21.4. The zero-order chi connectivity index (χ0) is 32.5. The summed E-state index contributed by atoms with van der Waals surface area (Å²) in [5, 5.41) is 13.7. The van der Waals surface area contributed by atoms with E-state index in [2.05, 4.69) is 21.9 Å². The van der Waals surface area contributed by atoms with Crippen LogP contribution in [0.4, 0.5) is 24.7 Å². The quantitative estimate of drug-likeness (QED) is 0.278. The summed E-state index contributed by atoms with van der Waals surface area (Å²) in [6.07, 6.45) is 2.80. The Balaban J connectivity index is 1.79. The molecule has 4 aromatic rings. The van der Waals surface area contributed by atoms with Crippen LogP contribution >= 0.6 is 11.6 Å². The molecule has 45 heavy (non-hydrogen) atoms. The summed E-state index contributed by atoms with van der Waals surface area (Å²) in [4.78, 5) is 39.2. The Labute approximate surface area is 261 Å². The van der Waals surface area contributed by atoms with Gasteiger partial charge in [-0.2, -0.15) is 4.98 Å². The van der Waals surface area contributed by atoms with Gasteiger partial charge in [-0.05, 0) is 49.6 Å². The minimum atomic E-state index is -1.51. The van der Waals surface area contributed by atoms with Crippen molar-refractivity contribution < 1.29 is 23.1 Å². The van der Waals surface area contributed by atoms with Gasteiger partial charge < -0.3 is 20.2 Å². The number of anilines is 2. The molecule has 0 aliphatic carbocycles. The summed E-state index contributed by atoms with van der Waals surface area (Å²) < 4.78 is 48.3. The van der Waals surface area contributed by atoms with Crippen molar-refractivity contribution in [3.8, 4) is 22.6 Å². The van der Waals surface area contributed by atoms with Crippen molar-refractivity contribution in [2.24, 2.45) is 0 Å². The number of pyridine rings is 1. The number of aryl methyl sites for hydroxylation is 1. The van der Waals surface area contributed by atoms with E-state index in [0.717, 1.165) is 16.7 Å². The first-order valence-corrected chi connectivity index (χ1v) is 14.8. The van der Waals surface area contributed by atoms with E-state index in [-0.39, 0.29) is 70.6 Å². The molecule has 0 bridgehead atoms. The fraction of sp³-hybridized carbons (Fsp3) is 0.312. The number of nitrogens with zero attached hydrogens (tertiary/aromatic N) is 5.